The van der Waals surface area contributed by atoms with Crippen molar-refractivity contribution in [3.63, 3.8) is 0 Å². The summed E-state index contributed by atoms with van der Waals surface area (Å²) in [5.41, 5.74) is 1.42. The summed E-state index contributed by atoms with van der Waals surface area (Å²) in [4.78, 5) is 25.2. The van der Waals surface area contributed by atoms with Crippen LogP contribution in [0, 0.1) is 0 Å². The van der Waals surface area contributed by atoms with Gasteiger partial charge in [0.25, 0.3) is 5.91 Å². The van der Waals surface area contributed by atoms with Crippen LogP contribution >= 0.6 is 0 Å². The minimum Gasteiger partial charge on any atom is -0.338 e. The highest BCUT2D eigenvalue weighted by molar-refractivity contribution is 5.92. The second-order valence-electron chi connectivity index (χ2n) is 5.41. The van der Waals surface area contributed by atoms with Crippen molar-refractivity contribution in [3.05, 3.63) is 23.8 Å². The number of likely N-dealkylation sites (N-methyl/N-ethyl adjacent to an activating group) is 1. The maximum absolute atomic E-state index is 12.3. The largest absolute Gasteiger partial charge is 0.338 e. The van der Waals surface area contributed by atoms with Gasteiger partial charge in [0.05, 0.1) is 11.9 Å². The van der Waals surface area contributed by atoms with Crippen LogP contribution < -0.4 is 0 Å². The van der Waals surface area contributed by atoms with Gasteiger partial charge in [0, 0.05) is 31.7 Å². The number of hydrogen-bond acceptors (Lipinski definition) is 4. The van der Waals surface area contributed by atoms with Gasteiger partial charge in [0.2, 0.25) is 0 Å². The van der Waals surface area contributed by atoms with Crippen molar-refractivity contribution in [1.82, 2.24) is 19.8 Å². The van der Waals surface area contributed by atoms with Crippen LogP contribution in [0.3, 0.4) is 0 Å². The molecule has 1 aliphatic rings. The first kappa shape index (κ1) is 14.9. The minimum atomic E-state index is -0.0199. The van der Waals surface area contributed by atoms with Crippen molar-refractivity contribution in [2.24, 2.45) is 0 Å². The molecule has 0 aromatic carbocycles. The van der Waals surface area contributed by atoms with Crippen LogP contribution in [0.15, 0.2) is 12.4 Å². The van der Waals surface area contributed by atoms with E-state index in [4.69, 9.17) is 0 Å². The smallest absolute Gasteiger partial charge is 0.274 e. The van der Waals surface area contributed by atoms with Crippen LogP contribution in [0.1, 0.15) is 48.8 Å². The topological polar surface area (TPSA) is 49.3 Å². The molecule has 2 rings (SSSR count). The predicted molar refractivity (Wildman–Crippen MR) is 78.8 cm³/mol. The standard InChI is InChI=1S/C15H24N4O/c1-4-19(5-2)15(20)14-10-16-9-13(17-14)12-7-6-8-18(3)11-12/h9-10,12H,4-8,11H2,1-3H3/t12-/m1/s1. The van der Waals surface area contributed by atoms with Crippen LogP contribution in [0.25, 0.3) is 0 Å². The molecule has 1 saturated heterocycles. The van der Waals surface area contributed by atoms with Crippen molar-refractivity contribution < 1.29 is 4.79 Å². The number of piperidine rings is 1. The second-order valence-corrected chi connectivity index (χ2v) is 5.41. The molecule has 1 aromatic rings. The predicted octanol–water partition coefficient (Wildman–Crippen LogP) is 1.77. The zero-order valence-electron chi connectivity index (χ0n) is 12.7. The Morgan fingerprint density at radius 2 is 2.15 bits per heavy atom. The molecule has 20 heavy (non-hydrogen) atoms. The molecule has 0 aliphatic carbocycles. The molecule has 0 spiro atoms. The first-order valence-corrected chi connectivity index (χ1v) is 7.45. The molecule has 1 aromatic heterocycles. The molecule has 0 bridgehead atoms. The summed E-state index contributed by atoms with van der Waals surface area (Å²) in [5.74, 6) is 0.374. The third-order valence-electron chi connectivity index (χ3n) is 3.97. The molecule has 1 amide bonds. The molecule has 5 nitrogen and oxygen atoms in total. The monoisotopic (exact) mass is 276 g/mol. The lowest BCUT2D eigenvalue weighted by Gasteiger charge is -2.29. The second kappa shape index (κ2) is 6.79. The first-order chi connectivity index (χ1) is 9.65. The van der Waals surface area contributed by atoms with Crippen LogP contribution in [0.5, 0.6) is 0 Å². The number of likely N-dealkylation sites (tertiary alicyclic amines) is 1. The number of aromatic nitrogens is 2. The van der Waals surface area contributed by atoms with Gasteiger partial charge in [-0.1, -0.05) is 0 Å². The average Bonchev–Trinajstić information content (AvgIpc) is 2.48. The minimum absolute atomic E-state index is 0.0199. The quantitative estimate of drug-likeness (QED) is 0.841. The molecule has 2 heterocycles. The lowest BCUT2D eigenvalue weighted by Crippen LogP contribution is -2.33. The highest BCUT2D eigenvalue weighted by atomic mass is 16.2. The van der Waals surface area contributed by atoms with Gasteiger partial charge in [-0.05, 0) is 40.3 Å². The highest BCUT2D eigenvalue weighted by Gasteiger charge is 2.22. The molecule has 5 heteroatoms. The Bertz CT molecular complexity index is 459. The fourth-order valence-electron chi connectivity index (χ4n) is 2.76. The number of rotatable bonds is 4. The Labute approximate surface area is 121 Å². The molecule has 0 saturated carbocycles. The summed E-state index contributed by atoms with van der Waals surface area (Å²) >= 11 is 0. The van der Waals surface area contributed by atoms with Crippen molar-refractivity contribution in [1.29, 1.82) is 0 Å². The Kier molecular flexibility index (Phi) is 5.06. The fourth-order valence-corrected chi connectivity index (χ4v) is 2.76. The molecule has 0 radical (unpaired) electrons. The van der Waals surface area contributed by atoms with Crippen molar-refractivity contribution in [2.75, 3.05) is 33.2 Å². The molecule has 1 aliphatic heterocycles. The molecule has 0 N–H and O–H groups in total. The summed E-state index contributed by atoms with van der Waals surface area (Å²) in [6.45, 7) is 7.50. The van der Waals surface area contributed by atoms with Gasteiger partial charge in [0.15, 0.2) is 0 Å². The van der Waals surface area contributed by atoms with Crippen LogP contribution in [0.4, 0.5) is 0 Å². The molecular weight excluding hydrogens is 252 g/mol. The van der Waals surface area contributed by atoms with Gasteiger partial charge in [-0.3, -0.25) is 9.78 Å². The Balaban J connectivity index is 2.17. The van der Waals surface area contributed by atoms with E-state index in [0.29, 0.717) is 24.7 Å². The van der Waals surface area contributed by atoms with Crippen molar-refractivity contribution >= 4 is 5.91 Å². The van der Waals surface area contributed by atoms with Crippen LogP contribution in [-0.2, 0) is 0 Å². The van der Waals surface area contributed by atoms with Gasteiger partial charge in [-0.15, -0.1) is 0 Å². The SMILES string of the molecule is CCN(CC)C(=O)c1cncc([C@@H]2CCCN(C)C2)n1. The van der Waals surface area contributed by atoms with E-state index in [9.17, 15) is 4.79 Å². The van der Waals surface area contributed by atoms with Gasteiger partial charge >= 0.3 is 0 Å². The average molecular weight is 276 g/mol. The summed E-state index contributed by atoms with van der Waals surface area (Å²) in [7, 11) is 2.13. The zero-order chi connectivity index (χ0) is 14.5. The Hall–Kier alpha value is -1.49. The lowest BCUT2D eigenvalue weighted by molar-refractivity contribution is 0.0766. The normalized spacial score (nSPS) is 19.9. The summed E-state index contributed by atoms with van der Waals surface area (Å²) in [5, 5.41) is 0. The number of carbonyl (C=O) groups is 1. The highest BCUT2D eigenvalue weighted by Crippen LogP contribution is 2.24. The van der Waals surface area contributed by atoms with E-state index in [-0.39, 0.29) is 5.91 Å². The van der Waals surface area contributed by atoms with Crippen LogP contribution in [0.2, 0.25) is 0 Å². The summed E-state index contributed by atoms with van der Waals surface area (Å²) < 4.78 is 0. The Morgan fingerprint density at radius 3 is 2.80 bits per heavy atom. The molecule has 1 fully saturated rings. The molecule has 1 atom stereocenters. The molecule has 0 unspecified atom stereocenters. The summed E-state index contributed by atoms with van der Waals surface area (Å²) in [6, 6.07) is 0. The maximum atomic E-state index is 12.3. The number of hydrogen-bond donors (Lipinski definition) is 0. The van der Waals surface area contributed by atoms with Gasteiger partial charge < -0.3 is 9.80 Å². The van der Waals surface area contributed by atoms with E-state index in [1.807, 2.05) is 20.0 Å². The number of carbonyl (C=O) groups excluding carboxylic acids is 1. The van der Waals surface area contributed by atoms with E-state index in [0.717, 1.165) is 25.2 Å². The van der Waals surface area contributed by atoms with Gasteiger partial charge in [-0.25, -0.2) is 4.98 Å². The number of amides is 1. The zero-order valence-corrected chi connectivity index (χ0v) is 12.7. The third kappa shape index (κ3) is 3.33. The number of nitrogens with zero attached hydrogens (tertiary/aromatic N) is 4. The maximum Gasteiger partial charge on any atom is 0.274 e. The van der Waals surface area contributed by atoms with Crippen molar-refractivity contribution in [2.45, 2.75) is 32.6 Å². The van der Waals surface area contributed by atoms with Crippen molar-refractivity contribution in [3.8, 4) is 0 Å². The Morgan fingerprint density at radius 1 is 1.40 bits per heavy atom. The van der Waals surface area contributed by atoms with E-state index < -0.39 is 0 Å². The lowest BCUT2D eigenvalue weighted by atomic mass is 9.95. The van der Waals surface area contributed by atoms with E-state index in [2.05, 4.69) is 21.9 Å². The van der Waals surface area contributed by atoms with E-state index >= 15 is 0 Å². The summed E-state index contributed by atoms with van der Waals surface area (Å²) in [6.07, 6.45) is 5.69. The first-order valence-electron chi connectivity index (χ1n) is 7.45. The van der Waals surface area contributed by atoms with Gasteiger partial charge in [-0.2, -0.15) is 0 Å². The fraction of sp³-hybridized carbons (Fsp3) is 0.667. The third-order valence-corrected chi connectivity index (χ3v) is 3.97. The van der Waals surface area contributed by atoms with E-state index in [1.54, 1.807) is 11.1 Å². The van der Waals surface area contributed by atoms with E-state index in [1.165, 1.54) is 6.42 Å². The molecular formula is C15H24N4O. The molecule has 110 valence electrons. The van der Waals surface area contributed by atoms with Gasteiger partial charge in [0.1, 0.15) is 5.69 Å². The van der Waals surface area contributed by atoms with Crippen LogP contribution in [-0.4, -0.2) is 58.9 Å².